The Kier molecular flexibility index (Phi) is 3.54. The van der Waals surface area contributed by atoms with Crippen molar-refractivity contribution in [1.29, 1.82) is 0 Å². The van der Waals surface area contributed by atoms with Gasteiger partial charge in [0.05, 0.1) is 19.1 Å². The standard InChI is InChI=1S/C17H15NO3/c19-15(12-6-2-1-3-7-12)11-18-16(20)10-13-8-4-5-9-14(13)17(18)21/h1-9,15,19H,10-11H2. The van der Waals surface area contributed by atoms with Crippen molar-refractivity contribution in [2.75, 3.05) is 6.54 Å². The van der Waals surface area contributed by atoms with Gasteiger partial charge in [-0.15, -0.1) is 0 Å². The molecule has 0 spiro atoms. The zero-order chi connectivity index (χ0) is 14.8. The summed E-state index contributed by atoms with van der Waals surface area (Å²) in [6.45, 7) is -0.0178. The van der Waals surface area contributed by atoms with Crippen LogP contribution in [0.25, 0.3) is 0 Å². The maximum absolute atomic E-state index is 12.4. The van der Waals surface area contributed by atoms with Gasteiger partial charge < -0.3 is 5.11 Å². The lowest BCUT2D eigenvalue weighted by Gasteiger charge is -2.28. The van der Waals surface area contributed by atoms with Crippen LogP contribution in [-0.2, 0) is 11.2 Å². The zero-order valence-electron chi connectivity index (χ0n) is 11.4. The molecule has 0 saturated heterocycles. The minimum atomic E-state index is -0.871. The second kappa shape index (κ2) is 5.50. The molecule has 3 rings (SSSR count). The predicted octanol–water partition coefficient (Wildman–Crippen LogP) is 1.95. The molecule has 0 aromatic heterocycles. The highest BCUT2D eigenvalue weighted by molar-refractivity contribution is 6.09. The van der Waals surface area contributed by atoms with Crippen LogP contribution in [0.1, 0.15) is 27.6 Å². The van der Waals surface area contributed by atoms with Crippen LogP contribution >= 0.6 is 0 Å². The number of nitrogens with zero attached hydrogens (tertiary/aromatic N) is 1. The molecule has 0 radical (unpaired) electrons. The van der Waals surface area contributed by atoms with Gasteiger partial charge in [-0.05, 0) is 17.2 Å². The van der Waals surface area contributed by atoms with Gasteiger partial charge in [-0.25, -0.2) is 0 Å². The number of amides is 2. The fourth-order valence-electron chi connectivity index (χ4n) is 2.54. The summed E-state index contributed by atoms with van der Waals surface area (Å²) in [5.41, 5.74) is 1.98. The second-order valence-corrected chi connectivity index (χ2v) is 5.07. The second-order valence-electron chi connectivity index (χ2n) is 5.07. The van der Waals surface area contributed by atoms with Gasteiger partial charge in [-0.1, -0.05) is 48.5 Å². The zero-order valence-corrected chi connectivity index (χ0v) is 11.4. The third-order valence-electron chi connectivity index (χ3n) is 3.68. The molecular formula is C17H15NO3. The van der Waals surface area contributed by atoms with Crippen LogP contribution in [0.15, 0.2) is 54.6 Å². The maximum atomic E-state index is 12.4. The minimum absolute atomic E-state index is 0.0178. The monoisotopic (exact) mass is 281 g/mol. The highest BCUT2D eigenvalue weighted by Crippen LogP contribution is 2.22. The van der Waals surface area contributed by atoms with E-state index >= 15 is 0 Å². The molecule has 0 fully saturated rings. The molecular weight excluding hydrogens is 266 g/mol. The first kappa shape index (κ1) is 13.5. The Morgan fingerprint density at radius 3 is 2.43 bits per heavy atom. The van der Waals surface area contributed by atoms with Gasteiger partial charge in [0.15, 0.2) is 0 Å². The van der Waals surface area contributed by atoms with Crippen molar-refractivity contribution in [3.63, 3.8) is 0 Å². The van der Waals surface area contributed by atoms with Crippen LogP contribution in [-0.4, -0.2) is 28.4 Å². The molecule has 1 heterocycles. The van der Waals surface area contributed by atoms with Gasteiger partial charge in [0.1, 0.15) is 0 Å². The van der Waals surface area contributed by atoms with E-state index in [0.717, 1.165) is 10.5 Å². The molecule has 1 N–H and O–H groups in total. The Hall–Kier alpha value is -2.46. The van der Waals surface area contributed by atoms with Crippen molar-refractivity contribution in [3.05, 3.63) is 71.3 Å². The average molecular weight is 281 g/mol. The molecule has 2 aromatic rings. The summed E-state index contributed by atoms with van der Waals surface area (Å²) in [6, 6.07) is 16.1. The first-order valence-electron chi connectivity index (χ1n) is 6.82. The number of β-amino-alcohol motifs (C(OH)–C–C–N with tert-alkyl or cyclic N) is 1. The Labute approximate surface area is 122 Å². The first-order chi connectivity index (χ1) is 10.2. The first-order valence-corrected chi connectivity index (χ1v) is 6.82. The molecule has 4 heteroatoms. The van der Waals surface area contributed by atoms with Gasteiger partial charge in [-0.2, -0.15) is 0 Å². The lowest BCUT2D eigenvalue weighted by molar-refractivity contribution is -0.129. The third-order valence-corrected chi connectivity index (χ3v) is 3.68. The molecule has 0 aliphatic carbocycles. The molecule has 0 saturated carbocycles. The van der Waals surface area contributed by atoms with Gasteiger partial charge in [0.25, 0.3) is 5.91 Å². The molecule has 1 atom stereocenters. The SMILES string of the molecule is O=C1Cc2ccccc2C(=O)N1CC(O)c1ccccc1. The smallest absolute Gasteiger partial charge is 0.260 e. The van der Waals surface area contributed by atoms with Crippen LogP contribution in [0, 0.1) is 0 Å². The van der Waals surface area contributed by atoms with E-state index in [9.17, 15) is 14.7 Å². The van der Waals surface area contributed by atoms with Crippen molar-refractivity contribution >= 4 is 11.8 Å². The van der Waals surface area contributed by atoms with E-state index in [1.165, 1.54) is 0 Å². The molecule has 2 aromatic carbocycles. The molecule has 2 amide bonds. The van der Waals surface area contributed by atoms with Crippen molar-refractivity contribution in [2.24, 2.45) is 0 Å². The van der Waals surface area contributed by atoms with E-state index in [1.54, 1.807) is 30.3 Å². The molecule has 1 aliphatic rings. The van der Waals surface area contributed by atoms with E-state index < -0.39 is 6.10 Å². The van der Waals surface area contributed by atoms with Crippen molar-refractivity contribution in [3.8, 4) is 0 Å². The normalized spacial score (nSPS) is 15.8. The molecule has 106 valence electrons. The number of aliphatic hydroxyl groups is 1. The fraction of sp³-hybridized carbons (Fsp3) is 0.176. The third kappa shape index (κ3) is 2.58. The van der Waals surface area contributed by atoms with E-state index in [0.29, 0.717) is 11.1 Å². The number of imide groups is 1. The summed E-state index contributed by atoms with van der Waals surface area (Å²) < 4.78 is 0. The quantitative estimate of drug-likeness (QED) is 0.875. The number of fused-ring (bicyclic) bond motifs is 1. The summed E-state index contributed by atoms with van der Waals surface area (Å²) in [4.78, 5) is 25.7. The summed E-state index contributed by atoms with van der Waals surface area (Å²) in [6.07, 6.45) is -0.673. The summed E-state index contributed by atoms with van der Waals surface area (Å²) >= 11 is 0. The van der Waals surface area contributed by atoms with E-state index in [4.69, 9.17) is 0 Å². The average Bonchev–Trinajstić information content (AvgIpc) is 2.52. The number of aliphatic hydroxyl groups excluding tert-OH is 1. The van der Waals surface area contributed by atoms with Crippen molar-refractivity contribution < 1.29 is 14.7 Å². The minimum Gasteiger partial charge on any atom is -0.387 e. The van der Waals surface area contributed by atoms with Crippen LogP contribution in [0.5, 0.6) is 0 Å². The van der Waals surface area contributed by atoms with Gasteiger partial charge in [0, 0.05) is 5.56 Å². The van der Waals surface area contributed by atoms with Gasteiger partial charge in [0.2, 0.25) is 5.91 Å². The van der Waals surface area contributed by atoms with E-state index in [-0.39, 0.29) is 24.8 Å². The number of rotatable bonds is 3. The van der Waals surface area contributed by atoms with Gasteiger partial charge in [-0.3, -0.25) is 14.5 Å². The highest BCUT2D eigenvalue weighted by atomic mass is 16.3. The number of benzene rings is 2. The van der Waals surface area contributed by atoms with Crippen molar-refractivity contribution in [1.82, 2.24) is 4.90 Å². The molecule has 21 heavy (non-hydrogen) atoms. The summed E-state index contributed by atoms with van der Waals surface area (Å²) in [5.74, 6) is -0.606. The lowest BCUT2D eigenvalue weighted by atomic mass is 9.98. The number of hydrogen-bond donors (Lipinski definition) is 1. The van der Waals surface area contributed by atoms with Crippen molar-refractivity contribution in [2.45, 2.75) is 12.5 Å². The summed E-state index contributed by atoms with van der Waals surface area (Å²) in [5, 5.41) is 10.2. The van der Waals surface area contributed by atoms with Crippen LogP contribution in [0.2, 0.25) is 0 Å². The van der Waals surface area contributed by atoms with Gasteiger partial charge >= 0.3 is 0 Å². The Balaban J connectivity index is 1.83. The Morgan fingerprint density at radius 2 is 1.67 bits per heavy atom. The van der Waals surface area contributed by atoms with Crippen LogP contribution in [0.3, 0.4) is 0 Å². The molecule has 4 nitrogen and oxygen atoms in total. The van der Waals surface area contributed by atoms with Crippen LogP contribution in [0.4, 0.5) is 0 Å². The lowest BCUT2D eigenvalue weighted by Crippen LogP contribution is -2.44. The largest absolute Gasteiger partial charge is 0.387 e. The van der Waals surface area contributed by atoms with E-state index in [2.05, 4.69) is 0 Å². The number of carbonyl (C=O) groups is 2. The maximum Gasteiger partial charge on any atom is 0.260 e. The summed E-state index contributed by atoms with van der Waals surface area (Å²) in [7, 11) is 0. The topological polar surface area (TPSA) is 57.6 Å². The Morgan fingerprint density at radius 1 is 1.00 bits per heavy atom. The molecule has 1 unspecified atom stereocenters. The highest BCUT2D eigenvalue weighted by Gasteiger charge is 2.32. The Bertz CT molecular complexity index is 681. The fourth-order valence-corrected chi connectivity index (χ4v) is 2.54. The molecule has 0 bridgehead atoms. The predicted molar refractivity (Wildman–Crippen MR) is 77.6 cm³/mol. The number of carbonyl (C=O) groups excluding carboxylic acids is 2. The number of hydrogen-bond acceptors (Lipinski definition) is 3. The molecule has 1 aliphatic heterocycles. The van der Waals surface area contributed by atoms with Crippen LogP contribution < -0.4 is 0 Å². The van der Waals surface area contributed by atoms with E-state index in [1.807, 2.05) is 24.3 Å².